The van der Waals surface area contributed by atoms with Crippen molar-refractivity contribution >= 4 is 0 Å². The van der Waals surface area contributed by atoms with Crippen LogP contribution in [0.15, 0.2) is 0 Å². The number of rotatable bonds is 3. The van der Waals surface area contributed by atoms with E-state index in [1.807, 2.05) is 7.05 Å². The SMILES string of the molecule is CNC(C#N)CN1CCCC(C)(C)C1. The number of nitrogens with zero attached hydrogens (tertiary/aromatic N) is 2. The van der Waals surface area contributed by atoms with E-state index in [1.165, 1.54) is 12.8 Å². The van der Waals surface area contributed by atoms with Gasteiger partial charge in [-0.25, -0.2) is 0 Å². The van der Waals surface area contributed by atoms with Crippen LogP contribution in [0.4, 0.5) is 0 Å². The summed E-state index contributed by atoms with van der Waals surface area (Å²) in [5.41, 5.74) is 0.423. The van der Waals surface area contributed by atoms with Gasteiger partial charge < -0.3 is 10.2 Å². The van der Waals surface area contributed by atoms with Gasteiger partial charge in [0.05, 0.1) is 6.07 Å². The summed E-state index contributed by atoms with van der Waals surface area (Å²) in [5.74, 6) is 0. The first kappa shape index (κ1) is 11.5. The normalized spacial score (nSPS) is 24.1. The molecule has 1 aliphatic rings. The molecule has 14 heavy (non-hydrogen) atoms. The summed E-state index contributed by atoms with van der Waals surface area (Å²) >= 11 is 0. The lowest BCUT2D eigenvalue weighted by Gasteiger charge is -2.38. The van der Waals surface area contributed by atoms with Crippen LogP contribution in [-0.2, 0) is 0 Å². The third-order valence-electron chi connectivity index (χ3n) is 2.92. The van der Waals surface area contributed by atoms with Gasteiger partial charge in [-0.1, -0.05) is 13.8 Å². The second-order valence-corrected chi connectivity index (χ2v) is 4.97. The first-order chi connectivity index (χ1) is 6.57. The highest BCUT2D eigenvalue weighted by Gasteiger charge is 2.27. The average molecular weight is 195 g/mol. The van der Waals surface area contributed by atoms with E-state index in [0.717, 1.165) is 19.6 Å². The first-order valence-electron chi connectivity index (χ1n) is 5.36. The topological polar surface area (TPSA) is 39.1 Å². The Morgan fingerprint density at radius 3 is 2.79 bits per heavy atom. The van der Waals surface area contributed by atoms with Crippen molar-refractivity contribution in [1.29, 1.82) is 5.26 Å². The van der Waals surface area contributed by atoms with Gasteiger partial charge in [-0.15, -0.1) is 0 Å². The Labute approximate surface area is 87.1 Å². The largest absolute Gasteiger partial charge is 0.304 e. The minimum absolute atomic E-state index is 0.0242. The lowest BCUT2D eigenvalue weighted by Crippen LogP contribution is -2.46. The van der Waals surface area contributed by atoms with Crippen molar-refractivity contribution in [2.75, 3.05) is 26.7 Å². The predicted octanol–water partition coefficient (Wildman–Crippen LogP) is 1.22. The molecule has 1 fully saturated rings. The summed E-state index contributed by atoms with van der Waals surface area (Å²) in [6, 6.07) is 2.25. The first-order valence-corrected chi connectivity index (χ1v) is 5.36. The van der Waals surface area contributed by atoms with Crippen LogP contribution in [0.5, 0.6) is 0 Å². The Morgan fingerprint density at radius 1 is 1.57 bits per heavy atom. The monoisotopic (exact) mass is 195 g/mol. The molecule has 0 aliphatic carbocycles. The summed E-state index contributed by atoms with van der Waals surface area (Å²) in [6.07, 6.45) is 2.56. The van der Waals surface area contributed by atoms with Gasteiger partial charge >= 0.3 is 0 Å². The maximum absolute atomic E-state index is 8.85. The van der Waals surface area contributed by atoms with Crippen LogP contribution in [0.3, 0.4) is 0 Å². The van der Waals surface area contributed by atoms with Crippen LogP contribution in [0.1, 0.15) is 26.7 Å². The summed E-state index contributed by atoms with van der Waals surface area (Å²) in [7, 11) is 1.85. The van der Waals surface area contributed by atoms with Gasteiger partial charge in [0.2, 0.25) is 0 Å². The zero-order chi connectivity index (χ0) is 10.6. The van der Waals surface area contributed by atoms with E-state index >= 15 is 0 Å². The van der Waals surface area contributed by atoms with Crippen molar-refractivity contribution in [2.24, 2.45) is 5.41 Å². The van der Waals surface area contributed by atoms with Crippen LogP contribution in [0.2, 0.25) is 0 Å². The van der Waals surface area contributed by atoms with E-state index in [2.05, 4.69) is 30.1 Å². The third kappa shape index (κ3) is 3.28. The Bertz CT molecular complexity index is 217. The van der Waals surface area contributed by atoms with Crippen LogP contribution >= 0.6 is 0 Å². The van der Waals surface area contributed by atoms with Gasteiger partial charge in [0, 0.05) is 13.1 Å². The molecule has 0 spiro atoms. The molecule has 0 saturated carbocycles. The van der Waals surface area contributed by atoms with Gasteiger partial charge in [0.25, 0.3) is 0 Å². The number of hydrogen-bond donors (Lipinski definition) is 1. The number of likely N-dealkylation sites (tertiary alicyclic amines) is 1. The lowest BCUT2D eigenvalue weighted by molar-refractivity contribution is 0.114. The molecule has 0 aromatic carbocycles. The fourth-order valence-corrected chi connectivity index (χ4v) is 2.16. The molecular formula is C11H21N3. The van der Waals surface area contributed by atoms with Gasteiger partial charge in [-0.05, 0) is 31.8 Å². The fourth-order valence-electron chi connectivity index (χ4n) is 2.16. The maximum Gasteiger partial charge on any atom is 0.108 e. The van der Waals surface area contributed by atoms with Crippen LogP contribution in [0.25, 0.3) is 0 Å². The number of nitrogens with one attached hydrogen (secondary N) is 1. The molecule has 0 aromatic heterocycles. The molecule has 3 nitrogen and oxygen atoms in total. The molecule has 1 N–H and O–H groups in total. The van der Waals surface area contributed by atoms with Crippen molar-refractivity contribution < 1.29 is 0 Å². The second-order valence-electron chi connectivity index (χ2n) is 4.97. The summed E-state index contributed by atoms with van der Waals surface area (Å²) < 4.78 is 0. The van der Waals surface area contributed by atoms with Gasteiger partial charge in [-0.2, -0.15) is 5.26 Å². The zero-order valence-electron chi connectivity index (χ0n) is 9.51. The molecule has 1 rings (SSSR count). The number of nitriles is 1. The highest BCUT2D eigenvalue weighted by atomic mass is 15.2. The van der Waals surface area contributed by atoms with E-state index in [9.17, 15) is 0 Å². The minimum atomic E-state index is -0.0242. The van der Waals surface area contributed by atoms with Gasteiger partial charge in [0.15, 0.2) is 0 Å². The molecule has 1 heterocycles. The summed E-state index contributed by atoms with van der Waals surface area (Å²) in [4.78, 5) is 2.40. The van der Waals surface area contributed by atoms with Crippen molar-refractivity contribution in [3.8, 4) is 6.07 Å². The standard InChI is InChI=1S/C11H21N3/c1-11(2)5-4-6-14(9-11)8-10(7-12)13-3/h10,13H,4-6,8-9H2,1-3H3. The van der Waals surface area contributed by atoms with E-state index in [-0.39, 0.29) is 6.04 Å². The molecule has 0 radical (unpaired) electrons. The van der Waals surface area contributed by atoms with Crippen LogP contribution in [-0.4, -0.2) is 37.6 Å². The average Bonchev–Trinajstić information content (AvgIpc) is 2.12. The van der Waals surface area contributed by atoms with Gasteiger partial charge in [0.1, 0.15) is 6.04 Å². The molecule has 0 bridgehead atoms. The van der Waals surface area contributed by atoms with Crippen LogP contribution < -0.4 is 5.32 Å². The van der Waals surface area contributed by atoms with E-state index in [4.69, 9.17) is 5.26 Å². The molecule has 1 saturated heterocycles. The van der Waals surface area contributed by atoms with E-state index in [1.54, 1.807) is 0 Å². The summed E-state index contributed by atoms with van der Waals surface area (Å²) in [6.45, 7) is 7.73. The number of hydrogen-bond acceptors (Lipinski definition) is 3. The second kappa shape index (κ2) is 4.77. The highest BCUT2D eigenvalue weighted by molar-refractivity contribution is 4.92. The maximum atomic E-state index is 8.85. The predicted molar refractivity (Wildman–Crippen MR) is 57.9 cm³/mol. The lowest BCUT2D eigenvalue weighted by atomic mass is 9.84. The number of likely N-dealkylation sites (N-methyl/N-ethyl adjacent to an activating group) is 1. The molecule has 80 valence electrons. The Morgan fingerprint density at radius 2 is 2.29 bits per heavy atom. The smallest absolute Gasteiger partial charge is 0.108 e. The summed E-state index contributed by atoms with van der Waals surface area (Å²) in [5, 5.41) is 11.9. The Kier molecular flexibility index (Phi) is 3.91. The van der Waals surface area contributed by atoms with Crippen molar-refractivity contribution in [1.82, 2.24) is 10.2 Å². The Balaban J connectivity index is 2.42. The molecule has 1 unspecified atom stereocenters. The van der Waals surface area contributed by atoms with E-state index < -0.39 is 0 Å². The Hall–Kier alpha value is -0.590. The highest BCUT2D eigenvalue weighted by Crippen LogP contribution is 2.28. The molecule has 1 atom stereocenters. The molecule has 0 amide bonds. The van der Waals surface area contributed by atoms with Crippen molar-refractivity contribution in [3.05, 3.63) is 0 Å². The van der Waals surface area contributed by atoms with Gasteiger partial charge in [-0.3, -0.25) is 0 Å². The molecule has 1 aliphatic heterocycles. The molecular weight excluding hydrogens is 174 g/mol. The molecule has 3 heteroatoms. The molecule has 0 aromatic rings. The number of piperidine rings is 1. The minimum Gasteiger partial charge on any atom is -0.304 e. The van der Waals surface area contributed by atoms with E-state index in [0.29, 0.717) is 5.41 Å². The fraction of sp³-hybridized carbons (Fsp3) is 0.909. The third-order valence-corrected chi connectivity index (χ3v) is 2.92. The van der Waals surface area contributed by atoms with Crippen molar-refractivity contribution in [2.45, 2.75) is 32.7 Å². The van der Waals surface area contributed by atoms with Crippen molar-refractivity contribution in [3.63, 3.8) is 0 Å². The van der Waals surface area contributed by atoms with Crippen LogP contribution in [0, 0.1) is 16.7 Å². The zero-order valence-corrected chi connectivity index (χ0v) is 9.51. The quantitative estimate of drug-likeness (QED) is 0.736.